The fourth-order valence-corrected chi connectivity index (χ4v) is 5.84. The zero-order valence-electron chi connectivity index (χ0n) is 15.4. The number of benzene rings is 1. The van der Waals surface area contributed by atoms with E-state index < -0.39 is 10.2 Å². The van der Waals surface area contributed by atoms with Gasteiger partial charge in [0.15, 0.2) is 0 Å². The third kappa shape index (κ3) is 3.21. The zero-order chi connectivity index (χ0) is 18.1. The van der Waals surface area contributed by atoms with Gasteiger partial charge in [0.25, 0.3) is 10.2 Å². The molecule has 0 saturated carbocycles. The fraction of sp³-hybridized carbons (Fsp3) is 0.500. The molecule has 1 aromatic heterocycles. The number of hydrogen-bond acceptors (Lipinski definition) is 2. The summed E-state index contributed by atoms with van der Waals surface area (Å²) in [5, 5.41) is 1.22. The molecule has 0 bridgehead atoms. The maximum atomic E-state index is 13.0. The second-order valence-corrected chi connectivity index (χ2v) is 9.26. The lowest BCUT2D eigenvalue weighted by Gasteiger charge is -2.31. The van der Waals surface area contributed by atoms with Crippen LogP contribution in [0.3, 0.4) is 0 Å². The topological polar surface area (TPSA) is 56.4 Å². The van der Waals surface area contributed by atoms with Crippen LogP contribution in [-0.2, 0) is 10.2 Å². The highest BCUT2D eigenvalue weighted by molar-refractivity contribution is 7.86. The highest BCUT2D eigenvalue weighted by atomic mass is 32.2. The van der Waals surface area contributed by atoms with Crippen LogP contribution in [0, 0.1) is 6.92 Å². The molecule has 2 aliphatic heterocycles. The third-order valence-electron chi connectivity index (χ3n) is 5.60. The molecule has 1 aromatic carbocycles. The Labute approximate surface area is 155 Å². The van der Waals surface area contributed by atoms with E-state index in [1.807, 2.05) is 6.07 Å². The number of aryl methyl sites for hydroxylation is 1. The number of aromatic amines is 1. The summed E-state index contributed by atoms with van der Waals surface area (Å²) >= 11 is 0. The fourth-order valence-electron chi connectivity index (χ4n) is 4.21. The van der Waals surface area contributed by atoms with Gasteiger partial charge in [-0.3, -0.25) is 0 Å². The summed E-state index contributed by atoms with van der Waals surface area (Å²) < 4.78 is 29.3. The first-order chi connectivity index (χ1) is 12.6. The molecule has 1 fully saturated rings. The Bertz CT molecular complexity index is 922. The molecular weight excluding hydrogens is 346 g/mol. The van der Waals surface area contributed by atoms with Crippen molar-refractivity contribution in [3.63, 3.8) is 0 Å². The smallest absolute Gasteiger partial charge is 0.282 e. The normalized spacial score (nSPS) is 20.9. The Morgan fingerprint density at radius 1 is 0.962 bits per heavy atom. The van der Waals surface area contributed by atoms with Crippen LogP contribution >= 0.6 is 0 Å². The second-order valence-electron chi connectivity index (χ2n) is 7.33. The van der Waals surface area contributed by atoms with Crippen molar-refractivity contribution >= 4 is 26.7 Å². The predicted molar refractivity (Wildman–Crippen MR) is 106 cm³/mol. The van der Waals surface area contributed by atoms with Gasteiger partial charge in [0.1, 0.15) is 0 Å². The van der Waals surface area contributed by atoms with Crippen molar-refractivity contribution < 1.29 is 8.42 Å². The van der Waals surface area contributed by atoms with Gasteiger partial charge in [-0.2, -0.15) is 17.0 Å². The van der Waals surface area contributed by atoms with Crippen LogP contribution in [0.2, 0.25) is 0 Å². The number of hydrogen-bond donors (Lipinski definition) is 1. The summed E-state index contributed by atoms with van der Waals surface area (Å²) in [6, 6.07) is 8.31. The van der Waals surface area contributed by atoms with E-state index >= 15 is 0 Å². The standard InChI is InChI=1S/C20H27N3O2S/c1-16-20(18-8-4-5-9-19(18)21-16)17-10-14-23(15-11-17)26(24,25)22-12-6-2-3-7-13-22/h4-5,8-10,21H,2-3,6-7,11-15H2,1H3. The van der Waals surface area contributed by atoms with Crippen molar-refractivity contribution in [3.05, 3.63) is 41.6 Å². The molecule has 6 heteroatoms. The van der Waals surface area contributed by atoms with E-state index in [1.165, 1.54) is 16.5 Å². The number of nitrogens with one attached hydrogen (secondary N) is 1. The monoisotopic (exact) mass is 373 g/mol. The van der Waals surface area contributed by atoms with Crippen molar-refractivity contribution in [3.8, 4) is 0 Å². The maximum absolute atomic E-state index is 13.0. The molecule has 4 rings (SSSR count). The Hall–Kier alpha value is -1.63. The molecule has 5 nitrogen and oxygen atoms in total. The molecule has 140 valence electrons. The number of rotatable bonds is 3. The minimum Gasteiger partial charge on any atom is -0.358 e. The number of para-hydroxylation sites is 1. The van der Waals surface area contributed by atoms with Gasteiger partial charge in [-0.25, -0.2) is 0 Å². The largest absolute Gasteiger partial charge is 0.358 e. The summed E-state index contributed by atoms with van der Waals surface area (Å²) in [5.41, 5.74) is 4.79. The van der Waals surface area contributed by atoms with Crippen molar-refractivity contribution in [2.24, 2.45) is 0 Å². The van der Waals surface area contributed by atoms with Crippen LogP contribution in [0.15, 0.2) is 30.3 Å². The summed E-state index contributed by atoms with van der Waals surface area (Å²) in [6.45, 7) is 4.45. The second kappa shape index (κ2) is 7.18. The molecule has 0 unspecified atom stereocenters. The van der Waals surface area contributed by atoms with Crippen molar-refractivity contribution in [2.45, 2.75) is 39.0 Å². The predicted octanol–water partition coefficient (Wildman–Crippen LogP) is 3.69. The Morgan fingerprint density at radius 3 is 2.38 bits per heavy atom. The number of fused-ring (bicyclic) bond motifs is 1. The molecular formula is C20H27N3O2S. The van der Waals surface area contributed by atoms with Gasteiger partial charge in [-0.1, -0.05) is 37.1 Å². The van der Waals surface area contributed by atoms with Gasteiger partial charge < -0.3 is 4.98 Å². The average molecular weight is 374 g/mol. The van der Waals surface area contributed by atoms with Crippen LogP contribution in [0.1, 0.15) is 43.4 Å². The highest BCUT2D eigenvalue weighted by Crippen LogP contribution is 2.33. The highest BCUT2D eigenvalue weighted by Gasteiger charge is 2.31. The molecule has 0 amide bonds. The van der Waals surface area contributed by atoms with E-state index in [0.717, 1.165) is 43.3 Å². The molecule has 1 saturated heterocycles. The summed E-state index contributed by atoms with van der Waals surface area (Å²) in [7, 11) is -3.34. The van der Waals surface area contributed by atoms with Gasteiger partial charge in [0.05, 0.1) is 0 Å². The van der Waals surface area contributed by atoms with E-state index in [-0.39, 0.29) is 0 Å². The Morgan fingerprint density at radius 2 is 1.69 bits per heavy atom. The first kappa shape index (κ1) is 17.8. The molecule has 0 atom stereocenters. The number of aromatic nitrogens is 1. The van der Waals surface area contributed by atoms with Crippen molar-refractivity contribution in [1.29, 1.82) is 0 Å². The van der Waals surface area contributed by atoms with E-state index in [1.54, 1.807) is 8.61 Å². The van der Waals surface area contributed by atoms with Crippen LogP contribution in [0.5, 0.6) is 0 Å². The molecule has 3 heterocycles. The van der Waals surface area contributed by atoms with E-state index in [2.05, 4.69) is 36.2 Å². The lowest BCUT2D eigenvalue weighted by atomic mass is 9.97. The Kier molecular flexibility index (Phi) is 4.90. The minimum atomic E-state index is -3.34. The average Bonchev–Trinajstić information content (AvgIpc) is 2.81. The van der Waals surface area contributed by atoms with Gasteiger partial charge in [-0.05, 0) is 37.8 Å². The van der Waals surface area contributed by atoms with Crippen LogP contribution in [0.25, 0.3) is 16.5 Å². The summed E-state index contributed by atoms with van der Waals surface area (Å²) in [5.74, 6) is 0. The van der Waals surface area contributed by atoms with Gasteiger partial charge in [-0.15, -0.1) is 0 Å². The van der Waals surface area contributed by atoms with E-state index in [4.69, 9.17) is 0 Å². The summed E-state index contributed by atoms with van der Waals surface area (Å²) in [6.07, 6.45) is 7.08. The molecule has 2 aromatic rings. The molecule has 0 spiro atoms. The molecule has 1 N–H and O–H groups in total. The molecule has 0 aliphatic carbocycles. The van der Waals surface area contributed by atoms with E-state index in [0.29, 0.717) is 26.2 Å². The van der Waals surface area contributed by atoms with Gasteiger partial charge in [0, 0.05) is 48.3 Å². The SMILES string of the molecule is Cc1[nH]c2ccccc2c1C1=CCN(S(=O)(=O)N2CCCCCC2)CC1. The molecule has 2 aliphatic rings. The number of nitrogens with zero attached hydrogens (tertiary/aromatic N) is 2. The lowest BCUT2D eigenvalue weighted by molar-refractivity contribution is 0.353. The van der Waals surface area contributed by atoms with Crippen molar-refractivity contribution in [1.82, 2.24) is 13.6 Å². The first-order valence-electron chi connectivity index (χ1n) is 9.59. The maximum Gasteiger partial charge on any atom is 0.282 e. The van der Waals surface area contributed by atoms with Crippen LogP contribution in [0.4, 0.5) is 0 Å². The first-order valence-corrected chi connectivity index (χ1v) is 11.0. The van der Waals surface area contributed by atoms with Gasteiger partial charge in [0.2, 0.25) is 0 Å². The molecule has 0 radical (unpaired) electrons. The van der Waals surface area contributed by atoms with Crippen molar-refractivity contribution in [2.75, 3.05) is 26.2 Å². The van der Waals surface area contributed by atoms with Crippen LogP contribution < -0.4 is 0 Å². The Balaban J connectivity index is 1.57. The quantitative estimate of drug-likeness (QED) is 0.892. The third-order valence-corrected chi connectivity index (χ3v) is 7.61. The van der Waals surface area contributed by atoms with Gasteiger partial charge >= 0.3 is 0 Å². The molecule has 26 heavy (non-hydrogen) atoms. The number of H-pyrrole nitrogens is 1. The lowest BCUT2D eigenvalue weighted by Crippen LogP contribution is -2.45. The van der Waals surface area contributed by atoms with Crippen LogP contribution in [-0.4, -0.2) is 48.2 Å². The summed E-state index contributed by atoms with van der Waals surface area (Å²) in [4.78, 5) is 3.44. The minimum absolute atomic E-state index is 0.465. The zero-order valence-corrected chi connectivity index (χ0v) is 16.2. The van der Waals surface area contributed by atoms with E-state index in [9.17, 15) is 8.42 Å².